The molecule has 0 unspecified atom stereocenters. The first-order valence-electron chi connectivity index (χ1n) is 8.25. The van der Waals surface area contributed by atoms with Gasteiger partial charge in [0.1, 0.15) is 0 Å². The van der Waals surface area contributed by atoms with Gasteiger partial charge in [-0.05, 0) is 41.7 Å². The van der Waals surface area contributed by atoms with Gasteiger partial charge in [0, 0.05) is 18.3 Å². The second kappa shape index (κ2) is 8.29. The molecular weight excluding hydrogens is 300 g/mol. The molecule has 0 aromatic heterocycles. The fourth-order valence-electron chi connectivity index (χ4n) is 2.55. The molecule has 24 heavy (non-hydrogen) atoms. The van der Waals surface area contributed by atoms with Crippen molar-refractivity contribution in [1.29, 1.82) is 0 Å². The van der Waals surface area contributed by atoms with E-state index in [0.29, 0.717) is 12.3 Å². The first kappa shape index (κ1) is 17.7. The van der Waals surface area contributed by atoms with Gasteiger partial charge in [-0.15, -0.1) is 0 Å². The lowest BCUT2D eigenvalue weighted by Gasteiger charge is -2.15. The van der Waals surface area contributed by atoms with E-state index >= 15 is 0 Å². The van der Waals surface area contributed by atoms with Crippen LogP contribution in [0.15, 0.2) is 48.5 Å². The van der Waals surface area contributed by atoms with Crippen LogP contribution in [0.2, 0.25) is 0 Å². The first-order valence-corrected chi connectivity index (χ1v) is 8.25. The summed E-state index contributed by atoms with van der Waals surface area (Å²) in [6.45, 7) is 5.77. The van der Waals surface area contributed by atoms with Gasteiger partial charge < -0.3 is 10.6 Å². The standard InChI is InChI=1S/C20H24N2O2/c1-4-14(2)18-7-5-6-8-19(18)22-20(24)13-16-9-11-17(12-10-16)21-15(3)23/h5-12,14H,4,13H2,1-3H3,(H,21,23)(H,22,24)/t14-/m0/s1. The molecule has 0 saturated carbocycles. The Hall–Kier alpha value is -2.62. The minimum absolute atomic E-state index is 0.0435. The topological polar surface area (TPSA) is 58.2 Å². The molecule has 0 bridgehead atoms. The van der Waals surface area contributed by atoms with Crippen LogP contribution in [0.5, 0.6) is 0 Å². The number of hydrogen-bond acceptors (Lipinski definition) is 2. The Bertz CT molecular complexity index is 708. The zero-order valence-electron chi connectivity index (χ0n) is 14.4. The first-order chi connectivity index (χ1) is 11.5. The molecule has 0 radical (unpaired) electrons. The third-order valence-electron chi connectivity index (χ3n) is 4.02. The Morgan fingerprint density at radius 2 is 1.67 bits per heavy atom. The van der Waals surface area contributed by atoms with Crippen molar-refractivity contribution >= 4 is 23.2 Å². The van der Waals surface area contributed by atoms with Gasteiger partial charge >= 0.3 is 0 Å². The fourth-order valence-corrected chi connectivity index (χ4v) is 2.55. The molecule has 2 N–H and O–H groups in total. The quantitative estimate of drug-likeness (QED) is 0.830. The maximum absolute atomic E-state index is 12.3. The molecule has 0 aliphatic heterocycles. The highest BCUT2D eigenvalue weighted by Gasteiger charge is 2.11. The maximum atomic E-state index is 12.3. The average Bonchev–Trinajstić information content (AvgIpc) is 2.56. The van der Waals surface area contributed by atoms with Crippen LogP contribution in [0, 0.1) is 0 Å². The fraction of sp³-hybridized carbons (Fsp3) is 0.300. The highest BCUT2D eigenvalue weighted by atomic mass is 16.2. The van der Waals surface area contributed by atoms with Gasteiger partial charge in [-0.2, -0.15) is 0 Å². The summed E-state index contributed by atoms with van der Waals surface area (Å²) in [5.74, 6) is 0.249. The van der Waals surface area contributed by atoms with Crippen molar-refractivity contribution in [3.63, 3.8) is 0 Å². The van der Waals surface area contributed by atoms with Gasteiger partial charge in [0.2, 0.25) is 11.8 Å². The molecule has 0 fully saturated rings. The lowest BCUT2D eigenvalue weighted by atomic mass is 9.97. The molecular formula is C20H24N2O2. The third-order valence-corrected chi connectivity index (χ3v) is 4.02. The smallest absolute Gasteiger partial charge is 0.228 e. The van der Waals surface area contributed by atoms with Crippen LogP contribution in [0.4, 0.5) is 11.4 Å². The summed E-state index contributed by atoms with van der Waals surface area (Å²) < 4.78 is 0. The molecule has 126 valence electrons. The highest BCUT2D eigenvalue weighted by molar-refractivity contribution is 5.93. The van der Waals surface area contributed by atoms with Crippen molar-refractivity contribution in [2.24, 2.45) is 0 Å². The van der Waals surface area contributed by atoms with Crippen LogP contribution >= 0.6 is 0 Å². The molecule has 4 nitrogen and oxygen atoms in total. The van der Waals surface area contributed by atoms with Crippen LogP contribution < -0.4 is 10.6 Å². The number of benzene rings is 2. The van der Waals surface area contributed by atoms with Gasteiger partial charge in [0.05, 0.1) is 6.42 Å². The Balaban J connectivity index is 2.02. The van der Waals surface area contributed by atoms with Gasteiger partial charge in [-0.3, -0.25) is 9.59 Å². The van der Waals surface area contributed by atoms with Gasteiger partial charge in [-0.1, -0.05) is 44.2 Å². The van der Waals surface area contributed by atoms with E-state index in [1.165, 1.54) is 6.92 Å². The summed E-state index contributed by atoms with van der Waals surface area (Å²) in [6, 6.07) is 15.2. The molecule has 2 amide bonds. The predicted octanol–water partition coefficient (Wildman–Crippen LogP) is 4.34. The lowest BCUT2D eigenvalue weighted by molar-refractivity contribution is -0.116. The van der Waals surface area contributed by atoms with Crippen LogP contribution in [-0.4, -0.2) is 11.8 Å². The van der Waals surface area contributed by atoms with E-state index in [9.17, 15) is 9.59 Å². The Kier molecular flexibility index (Phi) is 6.13. The van der Waals surface area contributed by atoms with Crippen molar-refractivity contribution in [2.45, 2.75) is 39.5 Å². The highest BCUT2D eigenvalue weighted by Crippen LogP contribution is 2.26. The monoisotopic (exact) mass is 324 g/mol. The van der Waals surface area contributed by atoms with Gasteiger partial charge in [-0.25, -0.2) is 0 Å². The van der Waals surface area contributed by atoms with Crippen LogP contribution in [0.1, 0.15) is 44.2 Å². The van der Waals surface area contributed by atoms with Gasteiger partial charge in [0.25, 0.3) is 0 Å². The molecule has 0 heterocycles. The predicted molar refractivity (Wildman–Crippen MR) is 98.2 cm³/mol. The van der Waals surface area contributed by atoms with E-state index in [0.717, 1.165) is 28.9 Å². The number of rotatable bonds is 6. The van der Waals surface area contributed by atoms with Crippen molar-refractivity contribution in [2.75, 3.05) is 10.6 Å². The zero-order valence-corrected chi connectivity index (χ0v) is 14.4. The summed E-state index contributed by atoms with van der Waals surface area (Å²) in [5, 5.41) is 5.72. The number of nitrogens with one attached hydrogen (secondary N) is 2. The summed E-state index contributed by atoms with van der Waals surface area (Å²) >= 11 is 0. The Morgan fingerprint density at radius 3 is 2.29 bits per heavy atom. The molecule has 1 atom stereocenters. The van der Waals surface area contributed by atoms with E-state index in [1.54, 1.807) is 12.1 Å². The summed E-state index contributed by atoms with van der Waals surface area (Å²) in [5.41, 5.74) is 3.68. The average molecular weight is 324 g/mol. The number of amides is 2. The number of anilines is 2. The Labute approximate surface area is 143 Å². The molecule has 2 aromatic carbocycles. The van der Waals surface area contributed by atoms with Crippen LogP contribution in [0.3, 0.4) is 0 Å². The second-order valence-electron chi connectivity index (χ2n) is 6.00. The second-order valence-corrected chi connectivity index (χ2v) is 6.00. The molecule has 0 aliphatic carbocycles. The lowest BCUT2D eigenvalue weighted by Crippen LogP contribution is -2.16. The van der Waals surface area contributed by atoms with Gasteiger partial charge in [0.15, 0.2) is 0 Å². The van der Waals surface area contributed by atoms with E-state index < -0.39 is 0 Å². The number of carbonyl (C=O) groups is 2. The third kappa shape index (κ3) is 4.95. The van der Waals surface area contributed by atoms with E-state index in [2.05, 4.69) is 30.5 Å². The molecule has 4 heteroatoms. The largest absolute Gasteiger partial charge is 0.326 e. The minimum Gasteiger partial charge on any atom is -0.326 e. The summed E-state index contributed by atoms with van der Waals surface area (Å²) in [4.78, 5) is 23.3. The molecule has 0 spiro atoms. The van der Waals surface area contributed by atoms with E-state index in [-0.39, 0.29) is 11.8 Å². The normalized spacial score (nSPS) is 11.6. The molecule has 0 saturated heterocycles. The van der Waals surface area contributed by atoms with Crippen molar-refractivity contribution in [1.82, 2.24) is 0 Å². The van der Waals surface area contributed by atoms with E-state index in [1.807, 2.05) is 30.3 Å². The molecule has 2 rings (SSSR count). The van der Waals surface area contributed by atoms with Crippen molar-refractivity contribution in [3.05, 3.63) is 59.7 Å². The maximum Gasteiger partial charge on any atom is 0.228 e. The number of para-hydroxylation sites is 1. The van der Waals surface area contributed by atoms with Crippen molar-refractivity contribution in [3.8, 4) is 0 Å². The Morgan fingerprint density at radius 1 is 1.00 bits per heavy atom. The van der Waals surface area contributed by atoms with E-state index in [4.69, 9.17) is 0 Å². The van der Waals surface area contributed by atoms with Crippen LogP contribution in [0.25, 0.3) is 0 Å². The number of hydrogen-bond donors (Lipinski definition) is 2. The summed E-state index contributed by atoms with van der Waals surface area (Å²) in [6.07, 6.45) is 1.33. The van der Waals surface area contributed by atoms with Crippen molar-refractivity contribution < 1.29 is 9.59 Å². The molecule has 0 aliphatic rings. The summed E-state index contributed by atoms with van der Waals surface area (Å²) in [7, 11) is 0. The van der Waals surface area contributed by atoms with Crippen LogP contribution in [-0.2, 0) is 16.0 Å². The SMILES string of the molecule is CC[C@H](C)c1ccccc1NC(=O)Cc1ccc(NC(C)=O)cc1. The number of carbonyl (C=O) groups excluding carboxylic acids is 2. The minimum atomic E-state index is -0.109. The zero-order chi connectivity index (χ0) is 17.5. The molecule has 2 aromatic rings.